The number of nitrogens with zero attached hydrogens (tertiary/aromatic N) is 2. The summed E-state index contributed by atoms with van der Waals surface area (Å²) in [5, 5.41) is 3.55. The smallest absolute Gasteiger partial charge is 0.264 e. The van der Waals surface area contributed by atoms with Crippen molar-refractivity contribution in [2.24, 2.45) is 4.99 Å². The monoisotopic (exact) mass is 433 g/mol. The lowest BCUT2D eigenvalue weighted by Crippen LogP contribution is -2.48. The van der Waals surface area contributed by atoms with Crippen LogP contribution < -0.4 is 10.2 Å². The molecule has 4 nitrogen and oxygen atoms in total. The minimum Gasteiger partial charge on any atom is -0.366 e. The van der Waals surface area contributed by atoms with Crippen LogP contribution in [0.2, 0.25) is 0 Å². The minimum absolute atomic E-state index is 0.0869. The average Bonchev–Trinajstić information content (AvgIpc) is 3.04. The molecule has 0 unspecified atom stereocenters. The second-order valence-corrected chi connectivity index (χ2v) is 10.2. The molecule has 0 spiro atoms. The number of aliphatic imine (C=N–C) groups is 1. The Labute approximate surface area is 189 Å². The summed E-state index contributed by atoms with van der Waals surface area (Å²) in [4.78, 5) is 20.4. The molecular weight excluding hydrogens is 402 g/mol. The van der Waals surface area contributed by atoms with Crippen molar-refractivity contribution >= 4 is 40.3 Å². The van der Waals surface area contributed by atoms with Gasteiger partial charge in [-0.3, -0.25) is 4.79 Å². The molecule has 1 fully saturated rings. The van der Waals surface area contributed by atoms with Gasteiger partial charge in [-0.2, -0.15) is 0 Å². The van der Waals surface area contributed by atoms with Crippen molar-refractivity contribution in [2.75, 3.05) is 11.4 Å². The molecule has 0 aliphatic carbocycles. The van der Waals surface area contributed by atoms with Gasteiger partial charge >= 0.3 is 0 Å². The predicted octanol–water partition coefficient (Wildman–Crippen LogP) is 6.31. The molecule has 2 aromatic rings. The van der Waals surface area contributed by atoms with Crippen LogP contribution in [0.4, 0.5) is 11.4 Å². The molecular formula is C26H31N3OS. The predicted molar refractivity (Wildman–Crippen MR) is 133 cm³/mol. The van der Waals surface area contributed by atoms with Gasteiger partial charge in [0.15, 0.2) is 5.17 Å². The number of nitrogens with one attached hydrogen (secondary N) is 1. The number of amides is 1. The maximum absolute atomic E-state index is 12.6. The number of fused-ring (bicyclic) bond motifs is 1. The molecule has 2 heterocycles. The second kappa shape index (κ2) is 8.19. The van der Waals surface area contributed by atoms with E-state index in [2.05, 4.69) is 81.0 Å². The molecule has 0 aromatic heterocycles. The van der Waals surface area contributed by atoms with Gasteiger partial charge in [-0.15, -0.1) is 0 Å². The summed E-state index contributed by atoms with van der Waals surface area (Å²) < 4.78 is 0. The Hall–Kier alpha value is -2.53. The van der Waals surface area contributed by atoms with Gasteiger partial charge < -0.3 is 10.2 Å². The lowest BCUT2D eigenvalue weighted by molar-refractivity contribution is -0.115. The van der Waals surface area contributed by atoms with Crippen LogP contribution in [0.15, 0.2) is 46.3 Å². The van der Waals surface area contributed by atoms with Crippen molar-refractivity contribution in [1.82, 2.24) is 5.32 Å². The highest BCUT2D eigenvalue weighted by atomic mass is 32.2. The molecule has 0 bridgehead atoms. The summed E-state index contributed by atoms with van der Waals surface area (Å²) in [7, 11) is 0. The van der Waals surface area contributed by atoms with Crippen LogP contribution in [-0.4, -0.2) is 23.2 Å². The second-order valence-electron chi connectivity index (χ2n) is 9.18. The van der Waals surface area contributed by atoms with Crippen LogP contribution in [-0.2, 0) is 4.79 Å². The molecule has 0 saturated carbocycles. The van der Waals surface area contributed by atoms with E-state index in [1.54, 1.807) is 0 Å². The first-order chi connectivity index (χ1) is 14.7. The number of hydrogen-bond acceptors (Lipinski definition) is 4. The van der Waals surface area contributed by atoms with E-state index < -0.39 is 0 Å². The first kappa shape index (κ1) is 21.7. The molecule has 2 aliphatic rings. The van der Waals surface area contributed by atoms with E-state index in [-0.39, 0.29) is 11.4 Å². The van der Waals surface area contributed by atoms with E-state index in [0.717, 1.165) is 29.8 Å². The highest BCUT2D eigenvalue weighted by molar-refractivity contribution is 8.18. The van der Waals surface area contributed by atoms with E-state index >= 15 is 0 Å². The number of anilines is 1. The molecule has 1 atom stereocenters. The van der Waals surface area contributed by atoms with Crippen molar-refractivity contribution in [3.8, 4) is 0 Å². The van der Waals surface area contributed by atoms with Gasteiger partial charge in [0.2, 0.25) is 0 Å². The van der Waals surface area contributed by atoms with E-state index in [4.69, 9.17) is 0 Å². The summed E-state index contributed by atoms with van der Waals surface area (Å²) in [5.41, 5.74) is 7.12. The van der Waals surface area contributed by atoms with Crippen molar-refractivity contribution in [2.45, 2.75) is 59.4 Å². The Morgan fingerprint density at radius 2 is 2.03 bits per heavy atom. The molecule has 5 heteroatoms. The van der Waals surface area contributed by atoms with Gasteiger partial charge in [-0.1, -0.05) is 25.1 Å². The highest BCUT2D eigenvalue weighted by Gasteiger charge is 2.35. The molecule has 31 heavy (non-hydrogen) atoms. The third-order valence-corrected chi connectivity index (χ3v) is 7.38. The molecule has 1 saturated heterocycles. The van der Waals surface area contributed by atoms with Gasteiger partial charge in [0.05, 0.1) is 10.6 Å². The zero-order chi connectivity index (χ0) is 22.3. The number of carbonyl (C=O) groups excluding carboxylic acids is 1. The van der Waals surface area contributed by atoms with Gasteiger partial charge in [-0.05, 0) is 105 Å². The number of benzene rings is 2. The topological polar surface area (TPSA) is 44.7 Å². The molecule has 1 amide bonds. The fourth-order valence-corrected chi connectivity index (χ4v) is 5.63. The minimum atomic E-state index is -0.0869. The van der Waals surface area contributed by atoms with Crippen LogP contribution in [0.25, 0.3) is 6.08 Å². The first-order valence-corrected chi connectivity index (χ1v) is 11.8. The Kier molecular flexibility index (Phi) is 5.73. The van der Waals surface area contributed by atoms with E-state index in [9.17, 15) is 4.79 Å². The largest absolute Gasteiger partial charge is 0.366 e. The normalized spacial score (nSPS) is 22.7. The standard InChI is InChI=1S/C26H31N3OS/c1-7-29-22-12-11-19(13-20(22)17(3)15-26(29,5)6)14-23-24(30)28-25(31-23)27-21-10-8-9-16(2)18(21)4/h8-14,17H,7,15H2,1-6H3,(H,27,28,30)/b23-14-/t17-/m1/s1. The van der Waals surface area contributed by atoms with Crippen LogP contribution in [0, 0.1) is 13.8 Å². The fourth-order valence-electron chi connectivity index (χ4n) is 4.80. The molecule has 4 rings (SSSR count). The quantitative estimate of drug-likeness (QED) is 0.577. The highest BCUT2D eigenvalue weighted by Crippen LogP contribution is 2.43. The van der Waals surface area contributed by atoms with Crippen molar-refractivity contribution in [3.63, 3.8) is 0 Å². The molecule has 2 aliphatic heterocycles. The zero-order valence-corrected chi connectivity index (χ0v) is 20.1. The van der Waals surface area contributed by atoms with Gasteiger partial charge in [0.25, 0.3) is 5.91 Å². The number of rotatable bonds is 3. The summed E-state index contributed by atoms with van der Waals surface area (Å²) in [6.45, 7) is 14.3. The molecule has 0 radical (unpaired) electrons. The van der Waals surface area contributed by atoms with Crippen molar-refractivity contribution in [3.05, 3.63) is 63.6 Å². The van der Waals surface area contributed by atoms with E-state index in [0.29, 0.717) is 16.0 Å². The van der Waals surface area contributed by atoms with Gasteiger partial charge in [0, 0.05) is 17.8 Å². The summed E-state index contributed by atoms with van der Waals surface area (Å²) >= 11 is 1.41. The van der Waals surface area contributed by atoms with Gasteiger partial charge in [-0.25, -0.2) is 4.99 Å². The van der Waals surface area contributed by atoms with Crippen LogP contribution in [0.1, 0.15) is 62.3 Å². The number of carbonyl (C=O) groups is 1. The number of thioether (sulfide) groups is 1. The van der Waals surface area contributed by atoms with Crippen LogP contribution in [0.3, 0.4) is 0 Å². The molecule has 1 N–H and O–H groups in total. The number of hydrogen-bond donors (Lipinski definition) is 1. The number of amidine groups is 1. The lowest BCUT2D eigenvalue weighted by atomic mass is 9.79. The zero-order valence-electron chi connectivity index (χ0n) is 19.2. The third kappa shape index (κ3) is 4.16. The van der Waals surface area contributed by atoms with Crippen molar-refractivity contribution < 1.29 is 4.79 Å². The first-order valence-electron chi connectivity index (χ1n) is 11.0. The fraction of sp³-hybridized carbons (Fsp3) is 0.385. The average molecular weight is 434 g/mol. The Balaban J connectivity index is 1.62. The summed E-state index contributed by atoms with van der Waals surface area (Å²) in [6, 6.07) is 12.6. The van der Waals surface area contributed by atoms with Crippen LogP contribution >= 0.6 is 11.8 Å². The Morgan fingerprint density at radius 1 is 1.26 bits per heavy atom. The third-order valence-electron chi connectivity index (χ3n) is 6.47. The van der Waals surface area contributed by atoms with E-state index in [1.165, 1.54) is 28.6 Å². The number of aryl methyl sites for hydroxylation is 1. The van der Waals surface area contributed by atoms with Crippen LogP contribution in [0.5, 0.6) is 0 Å². The maximum Gasteiger partial charge on any atom is 0.264 e. The summed E-state index contributed by atoms with van der Waals surface area (Å²) in [6.07, 6.45) is 3.10. The Bertz CT molecular complexity index is 1100. The summed E-state index contributed by atoms with van der Waals surface area (Å²) in [5.74, 6) is 0.397. The van der Waals surface area contributed by atoms with E-state index in [1.807, 2.05) is 18.2 Å². The molecule has 162 valence electrons. The van der Waals surface area contributed by atoms with Crippen molar-refractivity contribution in [1.29, 1.82) is 0 Å². The maximum atomic E-state index is 12.6. The molecule has 2 aromatic carbocycles. The lowest BCUT2D eigenvalue weighted by Gasteiger charge is -2.47. The SMILES string of the molecule is CCN1c2ccc(/C=C3\SC(=Nc4cccc(C)c4C)NC3=O)cc2[C@H](C)CC1(C)C. The van der Waals surface area contributed by atoms with Gasteiger partial charge in [0.1, 0.15) is 0 Å². The Morgan fingerprint density at radius 3 is 2.77 bits per heavy atom.